The van der Waals surface area contributed by atoms with Gasteiger partial charge in [-0.2, -0.15) is 0 Å². The minimum Gasteiger partial charge on any atom is -0.437 e. The Bertz CT molecular complexity index is 979. The van der Waals surface area contributed by atoms with Crippen LogP contribution in [0.15, 0.2) is 30.5 Å². The summed E-state index contributed by atoms with van der Waals surface area (Å²) in [5, 5.41) is 18.7. The van der Waals surface area contributed by atoms with E-state index < -0.39 is 0 Å². The van der Waals surface area contributed by atoms with Crippen LogP contribution >= 0.6 is 11.6 Å². The van der Waals surface area contributed by atoms with Crippen LogP contribution in [0.4, 0.5) is 0 Å². The van der Waals surface area contributed by atoms with E-state index in [4.69, 9.17) is 16.3 Å². The predicted octanol–water partition coefficient (Wildman–Crippen LogP) is 3.71. The molecular formula is C19H19ClN4O2. The van der Waals surface area contributed by atoms with Crippen molar-refractivity contribution in [1.29, 1.82) is 0 Å². The van der Waals surface area contributed by atoms with Crippen LogP contribution in [-0.2, 0) is 12.0 Å². The first-order valence-electron chi connectivity index (χ1n) is 8.96. The van der Waals surface area contributed by atoms with Gasteiger partial charge in [0.25, 0.3) is 0 Å². The molecule has 0 spiro atoms. The van der Waals surface area contributed by atoms with Gasteiger partial charge in [-0.05, 0) is 49.8 Å². The van der Waals surface area contributed by atoms with Crippen LogP contribution in [0.5, 0.6) is 11.6 Å². The number of pyridine rings is 1. The monoisotopic (exact) mass is 370 g/mol. The van der Waals surface area contributed by atoms with Gasteiger partial charge in [0.15, 0.2) is 5.75 Å². The lowest BCUT2D eigenvalue weighted by molar-refractivity contribution is 0.252. The molecule has 7 heteroatoms. The molecule has 2 heterocycles. The topological polar surface area (TPSA) is 73.1 Å². The van der Waals surface area contributed by atoms with E-state index in [2.05, 4.69) is 15.3 Å². The van der Waals surface area contributed by atoms with Gasteiger partial charge in [0.1, 0.15) is 10.5 Å². The molecule has 1 N–H and O–H groups in total. The summed E-state index contributed by atoms with van der Waals surface area (Å²) in [4.78, 5) is 4.37. The molecule has 0 saturated heterocycles. The molecule has 0 atom stereocenters. The number of aliphatic hydroxyl groups is 1. The smallest absolute Gasteiger partial charge is 0.223 e. The average Bonchev–Trinajstić information content (AvgIpc) is 3.57. The second-order valence-electron chi connectivity index (χ2n) is 7.36. The molecule has 3 aromatic rings. The van der Waals surface area contributed by atoms with Crippen LogP contribution < -0.4 is 4.74 Å². The predicted molar refractivity (Wildman–Crippen MR) is 97.6 cm³/mol. The minimum absolute atomic E-state index is 0.0946. The fourth-order valence-corrected chi connectivity index (χ4v) is 3.62. The number of rotatable bonds is 6. The van der Waals surface area contributed by atoms with E-state index in [9.17, 15) is 5.11 Å². The van der Waals surface area contributed by atoms with Crippen LogP contribution in [0.3, 0.4) is 0 Å². The van der Waals surface area contributed by atoms with Gasteiger partial charge in [0.2, 0.25) is 5.88 Å². The summed E-state index contributed by atoms with van der Waals surface area (Å²) in [6, 6.07) is 7.62. The number of fused-ring (bicyclic) bond motifs is 1. The Hall–Kier alpha value is -2.18. The molecule has 2 aliphatic carbocycles. The van der Waals surface area contributed by atoms with Crippen molar-refractivity contribution in [3.63, 3.8) is 0 Å². The Morgan fingerprint density at radius 1 is 1.27 bits per heavy atom. The number of hydrogen-bond acceptors (Lipinski definition) is 5. The van der Waals surface area contributed by atoms with Crippen LogP contribution in [0.1, 0.15) is 31.2 Å². The molecular weight excluding hydrogens is 352 g/mol. The number of hydrogen-bond donors (Lipinski definition) is 1. The van der Waals surface area contributed by atoms with E-state index in [1.807, 2.05) is 28.9 Å². The highest BCUT2D eigenvalue weighted by Crippen LogP contribution is 2.51. The molecule has 6 nitrogen and oxygen atoms in total. The van der Waals surface area contributed by atoms with E-state index in [0.29, 0.717) is 28.1 Å². The van der Waals surface area contributed by atoms with Crippen molar-refractivity contribution in [2.24, 2.45) is 5.92 Å². The van der Waals surface area contributed by atoms with Crippen molar-refractivity contribution in [3.8, 4) is 11.6 Å². The Balaban J connectivity index is 1.50. The lowest BCUT2D eigenvalue weighted by Crippen LogP contribution is -2.13. The number of aliphatic hydroxyl groups excluding tert-OH is 1. The van der Waals surface area contributed by atoms with Crippen LogP contribution in [-0.4, -0.2) is 31.7 Å². The number of aromatic nitrogens is 4. The van der Waals surface area contributed by atoms with Crippen LogP contribution in [0.25, 0.3) is 11.0 Å². The first kappa shape index (κ1) is 16.0. The molecule has 0 radical (unpaired) electrons. The SMILES string of the molecule is OCC1(c2cccnc2Oc2ccc3c(nnn3CC3CC3)c2Cl)CC1. The maximum absolute atomic E-state index is 9.75. The number of benzene rings is 1. The number of nitrogens with zero attached hydrogens (tertiary/aromatic N) is 4. The third-order valence-corrected chi connectivity index (χ3v) is 5.79. The fraction of sp³-hybridized carbons (Fsp3) is 0.421. The average molecular weight is 371 g/mol. The third kappa shape index (κ3) is 2.64. The van der Waals surface area contributed by atoms with Gasteiger partial charge >= 0.3 is 0 Å². The normalized spacial score (nSPS) is 18.2. The summed E-state index contributed by atoms with van der Waals surface area (Å²) in [5.41, 5.74) is 2.26. The van der Waals surface area contributed by atoms with Crippen LogP contribution in [0, 0.1) is 5.92 Å². The summed E-state index contributed by atoms with van der Waals surface area (Å²) in [6.45, 7) is 0.980. The minimum atomic E-state index is -0.229. The van der Waals surface area contributed by atoms with E-state index in [1.165, 1.54) is 12.8 Å². The summed E-state index contributed by atoms with van der Waals surface area (Å²) in [5.74, 6) is 1.70. The van der Waals surface area contributed by atoms with E-state index in [0.717, 1.165) is 30.5 Å². The molecule has 26 heavy (non-hydrogen) atoms. The molecule has 5 rings (SSSR count). The molecule has 134 valence electrons. The van der Waals surface area contributed by atoms with Gasteiger partial charge in [0.05, 0.1) is 12.1 Å². The standard InChI is InChI=1S/C19H19ClN4O2/c20-16-15(6-5-14-17(16)22-23-24(14)10-12-3-4-12)26-18-13(2-1-9-21-18)19(11-25)7-8-19/h1-2,5-6,9,12,25H,3-4,7-8,10-11H2. The van der Waals surface area contributed by atoms with E-state index >= 15 is 0 Å². The summed E-state index contributed by atoms with van der Waals surface area (Å²) >= 11 is 6.56. The van der Waals surface area contributed by atoms with Crippen molar-refractivity contribution in [1.82, 2.24) is 20.0 Å². The van der Waals surface area contributed by atoms with Crippen molar-refractivity contribution in [2.45, 2.75) is 37.6 Å². The van der Waals surface area contributed by atoms with Gasteiger partial charge in [-0.1, -0.05) is 22.9 Å². The van der Waals surface area contributed by atoms with Gasteiger partial charge in [0, 0.05) is 23.7 Å². The number of halogens is 1. The van der Waals surface area contributed by atoms with E-state index in [1.54, 1.807) is 6.20 Å². The molecule has 1 aromatic carbocycles. The Morgan fingerprint density at radius 3 is 2.85 bits per heavy atom. The zero-order chi connectivity index (χ0) is 17.7. The summed E-state index contributed by atoms with van der Waals surface area (Å²) < 4.78 is 7.96. The lowest BCUT2D eigenvalue weighted by atomic mass is 9.98. The van der Waals surface area contributed by atoms with E-state index in [-0.39, 0.29) is 12.0 Å². The molecule has 0 bridgehead atoms. The van der Waals surface area contributed by atoms with Crippen molar-refractivity contribution >= 4 is 22.6 Å². The second-order valence-corrected chi connectivity index (χ2v) is 7.73. The molecule has 2 aromatic heterocycles. The molecule has 0 amide bonds. The fourth-order valence-electron chi connectivity index (χ4n) is 3.39. The first-order chi connectivity index (χ1) is 12.7. The Kier molecular flexibility index (Phi) is 3.65. The largest absolute Gasteiger partial charge is 0.437 e. The highest BCUT2D eigenvalue weighted by Gasteiger charge is 2.46. The van der Waals surface area contributed by atoms with Gasteiger partial charge in [-0.15, -0.1) is 5.10 Å². The lowest BCUT2D eigenvalue weighted by Gasteiger charge is -2.16. The summed E-state index contributed by atoms with van der Waals surface area (Å²) in [6.07, 6.45) is 6.07. The highest BCUT2D eigenvalue weighted by atomic mass is 35.5. The second kappa shape index (κ2) is 5.93. The van der Waals surface area contributed by atoms with Gasteiger partial charge in [-0.3, -0.25) is 0 Å². The van der Waals surface area contributed by atoms with Crippen molar-refractivity contribution in [3.05, 3.63) is 41.0 Å². The van der Waals surface area contributed by atoms with Crippen LogP contribution in [0.2, 0.25) is 5.02 Å². The molecule has 2 aliphatic rings. The molecule has 2 fully saturated rings. The van der Waals surface area contributed by atoms with Crippen molar-refractivity contribution in [2.75, 3.05) is 6.61 Å². The molecule has 2 saturated carbocycles. The maximum atomic E-state index is 9.75. The quantitative estimate of drug-likeness (QED) is 0.716. The highest BCUT2D eigenvalue weighted by molar-refractivity contribution is 6.36. The maximum Gasteiger partial charge on any atom is 0.223 e. The Morgan fingerprint density at radius 2 is 2.12 bits per heavy atom. The zero-order valence-corrected chi connectivity index (χ0v) is 15.0. The molecule has 0 unspecified atom stereocenters. The van der Waals surface area contributed by atoms with Gasteiger partial charge < -0.3 is 9.84 Å². The zero-order valence-electron chi connectivity index (χ0n) is 14.2. The first-order valence-corrected chi connectivity index (χ1v) is 9.34. The van der Waals surface area contributed by atoms with Crippen molar-refractivity contribution < 1.29 is 9.84 Å². The Labute approximate surface area is 155 Å². The number of ether oxygens (including phenoxy) is 1. The third-order valence-electron chi connectivity index (χ3n) is 5.42. The van der Waals surface area contributed by atoms with Gasteiger partial charge in [-0.25, -0.2) is 9.67 Å². The summed E-state index contributed by atoms with van der Waals surface area (Å²) in [7, 11) is 0. The molecule has 0 aliphatic heterocycles.